The molecule has 0 aromatic heterocycles. The Balaban J connectivity index is 1.55. The highest BCUT2D eigenvalue weighted by Gasteiger charge is 2.53. The number of benzene rings is 4. The van der Waals surface area contributed by atoms with E-state index in [9.17, 15) is 10.3 Å². The van der Waals surface area contributed by atoms with Crippen molar-refractivity contribution in [3.05, 3.63) is 139 Å². The number of carbonyl (C=O) groups excluding carboxylic acids is 1. The van der Waals surface area contributed by atoms with Crippen LogP contribution in [0.2, 0.25) is 0 Å². The third-order valence-electron chi connectivity index (χ3n) is 7.42. The Morgan fingerprint density at radius 3 is 2.38 bits per heavy atom. The monoisotopic (exact) mass is 731 g/mol. The molecule has 11 heteroatoms. The first-order chi connectivity index (χ1) is 21.9. The smallest absolute Gasteiger partial charge is 0.252 e. The van der Waals surface area contributed by atoms with Crippen LogP contribution in [0.25, 0.3) is 10.4 Å². The Labute approximate surface area is 278 Å². The standard InChI is InChI=1S/C34H31Br2N5O4/c35-27-12-6-23(7-13-27)18-19-38-33(43)34(22-26-4-1-2-5-30(26)40-41-37)31(24-8-14-28(36)15-9-24)45-32(39-34)25-10-16-29(17-11-25)44-21-3-20-42/h1-2,4-17,31,42H,3,18-22H2,(H,38,43)/t31-,34-/m1/s1. The molecular weight excluding hydrogens is 702 g/mol. The fourth-order valence-corrected chi connectivity index (χ4v) is 5.67. The molecule has 2 N–H and O–H groups in total. The van der Waals surface area contributed by atoms with E-state index in [2.05, 4.69) is 47.2 Å². The van der Waals surface area contributed by atoms with Gasteiger partial charge in [0.25, 0.3) is 5.91 Å². The first-order valence-corrected chi connectivity index (χ1v) is 16.0. The van der Waals surface area contributed by atoms with Gasteiger partial charge in [-0.3, -0.25) is 4.79 Å². The van der Waals surface area contributed by atoms with Crippen molar-refractivity contribution in [2.45, 2.75) is 30.9 Å². The lowest BCUT2D eigenvalue weighted by atomic mass is 9.81. The minimum atomic E-state index is -1.43. The lowest BCUT2D eigenvalue weighted by molar-refractivity contribution is -0.128. The van der Waals surface area contributed by atoms with E-state index in [4.69, 9.17) is 19.6 Å². The van der Waals surface area contributed by atoms with E-state index < -0.39 is 11.6 Å². The van der Waals surface area contributed by atoms with Crippen LogP contribution in [0.5, 0.6) is 5.75 Å². The van der Waals surface area contributed by atoms with Gasteiger partial charge in [-0.15, -0.1) is 0 Å². The van der Waals surface area contributed by atoms with Crippen molar-refractivity contribution in [1.82, 2.24) is 5.32 Å². The van der Waals surface area contributed by atoms with Crippen LogP contribution in [0.1, 0.15) is 34.8 Å². The Morgan fingerprint density at radius 1 is 1.00 bits per heavy atom. The number of rotatable bonds is 13. The number of nitrogens with one attached hydrogen (secondary N) is 1. The van der Waals surface area contributed by atoms with Gasteiger partial charge in [0, 0.05) is 51.1 Å². The van der Waals surface area contributed by atoms with E-state index in [-0.39, 0.29) is 18.9 Å². The fraction of sp³-hybridized carbons (Fsp3) is 0.235. The van der Waals surface area contributed by atoms with Crippen LogP contribution in [0, 0.1) is 0 Å². The molecule has 0 fully saturated rings. The number of halogens is 2. The van der Waals surface area contributed by atoms with Crippen molar-refractivity contribution in [3.63, 3.8) is 0 Å². The predicted molar refractivity (Wildman–Crippen MR) is 181 cm³/mol. The van der Waals surface area contributed by atoms with E-state index in [1.807, 2.05) is 84.9 Å². The molecule has 5 rings (SSSR count). The molecule has 0 aliphatic carbocycles. The van der Waals surface area contributed by atoms with Crippen molar-refractivity contribution < 1.29 is 19.4 Å². The zero-order valence-corrected chi connectivity index (χ0v) is 27.4. The second-order valence-electron chi connectivity index (χ2n) is 10.5. The average Bonchev–Trinajstić information content (AvgIpc) is 3.44. The summed E-state index contributed by atoms with van der Waals surface area (Å²) in [5.41, 5.74) is 11.4. The van der Waals surface area contributed by atoms with Gasteiger partial charge in [-0.05, 0) is 77.2 Å². The quantitative estimate of drug-likeness (QED) is 0.0630. The summed E-state index contributed by atoms with van der Waals surface area (Å²) in [6.45, 7) is 0.835. The van der Waals surface area contributed by atoms with Crippen LogP contribution in [-0.2, 0) is 22.4 Å². The van der Waals surface area contributed by atoms with E-state index >= 15 is 0 Å². The average molecular weight is 733 g/mol. The number of ether oxygens (including phenoxy) is 2. The summed E-state index contributed by atoms with van der Waals surface area (Å²) in [6.07, 6.45) is 0.498. The molecule has 0 saturated heterocycles. The zero-order valence-electron chi connectivity index (χ0n) is 24.3. The van der Waals surface area contributed by atoms with Gasteiger partial charge < -0.3 is 19.9 Å². The zero-order chi connectivity index (χ0) is 31.6. The first kappa shape index (κ1) is 32.2. The molecule has 2 atom stereocenters. The third-order valence-corrected chi connectivity index (χ3v) is 8.48. The first-order valence-electron chi connectivity index (χ1n) is 14.4. The number of hydrogen-bond acceptors (Lipinski definition) is 6. The van der Waals surface area contributed by atoms with Crippen molar-refractivity contribution in [2.75, 3.05) is 19.8 Å². The van der Waals surface area contributed by atoms with E-state index in [1.54, 1.807) is 12.1 Å². The molecule has 1 amide bonds. The lowest BCUT2D eigenvalue weighted by Crippen LogP contribution is -2.50. The van der Waals surface area contributed by atoms with Crippen molar-refractivity contribution in [3.8, 4) is 5.75 Å². The maximum absolute atomic E-state index is 14.5. The number of aliphatic hydroxyl groups excluding tert-OH is 1. The highest BCUT2D eigenvalue weighted by Crippen LogP contribution is 2.44. The second-order valence-corrected chi connectivity index (χ2v) is 12.3. The molecule has 1 heterocycles. The van der Waals surface area contributed by atoms with Crippen LogP contribution in [0.4, 0.5) is 5.69 Å². The largest absolute Gasteiger partial charge is 0.494 e. The highest BCUT2D eigenvalue weighted by molar-refractivity contribution is 9.10. The van der Waals surface area contributed by atoms with Gasteiger partial charge in [-0.25, -0.2) is 4.99 Å². The van der Waals surface area contributed by atoms with Gasteiger partial charge in [0.1, 0.15) is 5.75 Å². The van der Waals surface area contributed by atoms with Crippen LogP contribution in [0.3, 0.4) is 0 Å². The van der Waals surface area contributed by atoms with Gasteiger partial charge >= 0.3 is 0 Å². The molecule has 1 aliphatic heterocycles. The Morgan fingerprint density at radius 2 is 1.69 bits per heavy atom. The molecule has 0 spiro atoms. The second kappa shape index (κ2) is 15.2. The Bertz CT molecular complexity index is 1690. The van der Waals surface area contributed by atoms with Gasteiger partial charge in [0.2, 0.25) is 5.90 Å². The summed E-state index contributed by atoms with van der Waals surface area (Å²) in [6, 6.07) is 30.1. The number of aliphatic hydroxyl groups is 1. The number of nitrogens with zero attached hydrogens (tertiary/aromatic N) is 4. The van der Waals surface area contributed by atoms with Gasteiger partial charge in [0.05, 0.1) is 6.61 Å². The summed E-state index contributed by atoms with van der Waals surface area (Å²) in [5, 5.41) is 16.1. The molecule has 0 radical (unpaired) electrons. The Kier molecular flexibility index (Phi) is 10.9. The molecule has 0 unspecified atom stereocenters. The lowest BCUT2D eigenvalue weighted by Gasteiger charge is -2.31. The summed E-state index contributed by atoms with van der Waals surface area (Å²) >= 11 is 6.97. The number of amides is 1. The van der Waals surface area contributed by atoms with Gasteiger partial charge in [-0.1, -0.05) is 85.5 Å². The molecular formula is C34H31Br2N5O4. The van der Waals surface area contributed by atoms with Gasteiger partial charge in [0.15, 0.2) is 11.6 Å². The van der Waals surface area contributed by atoms with Crippen LogP contribution in [0.15, 0.2) is 116 Å². The third kappa shape index (κ3) is 7.93. The fourth-order valence-electron chi connectivity index (χ4n) is 5.14. The van der Waals surface area contributed by atoms with Crippen LogP contribution >= 0.6 is 31.9 Å². The number of carbonyl (C=O) groups is 1. The summed E-state index contributed by atoms with van der Waals surface area (Å²) in [7, 11) is 0. The number of azide groups is 1. The predicted octanol–water partition coefficient (Wildman–Crippen LogP) is 7.77. The summed E-state index contributed by atoms with van der Waals surface area (Å²) in [5.74, 6) is 0.659. The highest BCUT2D eigenvalue weighted by atomic mass is 79.9. The Hall–Kier alpha value is -4.15. The molecule has 0 bridgehead atoms. The number of aliphatic imine (C=N–C) groups is 1. The molecule has 4 aromatic rings. The van der Waals surface area contributed by atoms with E-state index in [1.165, 1.54) is 0 Å². The van der Waals surface area contributed by atoms with Crippen molar-refractivity contribution in [2.24, 2.45) is 10.1 Å². The van der Waals surface area contributed by atoms with Crippen molar-refractivity contribution >= 4 is 49.4 Å². The molecule has 9 nitrogen and oxygen atoms in total. The number of hydrogen-bond donors (Lipinski definition) is 2. The van der Waals surface area contributed by atoms with Crippen molar-refractivity contribution in [1.29, 1.82) is 0 Å². The summed E-state index contributed by atoms with van der Waals surface area (Å²) in [4.78, 5) is 22.5. The van der Waals surface area contributed by atoms with Crippen LogP contribution < -0.4 is 10.1 Å². The maximum atomic E-state index is 14.5. The van der Waals surface area contributed by atoms with E-state index in [0.717, 1.165) is 20.1 Å². The molecule has 45 heavy (non-hydrogen) atoms. The molecule has 4 aromatic carbocycles. The molecule has 0 saturated carbocycles. The normalized spacial score (nSPS) is 17.1. The SMILES string of the molecule is [N-]=[N+]=Nc1ccccc1C[C@@]1(C(=O)NCCc2ccc(Br)cc2)N=C(c2ccc(OCCCO)cc2)O[C@@H]1c1ccc(Br)cc1. The van der Waals surface area contributed by atoms with E-state index in [0.29, 0.717) is 54.5 Å². The summed E-state index contributed by atoms with van der Waals surface area (Å²) < 4.78 is 14.2. The minimum absolute atomic E-state index is 0.0518. The van der Waals surface area contributed by atoms with Gasteiger partial charge in [-0.2, -0.15) is 0 Å². The topological polar surface area (TPSA) is 129 Å². The molecule has 230 valence electrons. The maximum Gasteiger partial charge on any atom is 0.252 e. The van der Waals surface area contributed by atoms with Crippen LogP contribution in [-0.4, -0.2) is 42.2 Å². The molecule has 1 aliphatic rings. The minimum Gasteiger partial charge on any atom is -0.494 e.